The molecule has 1 saturated heterocycles. The Bertz CT molecular complexity index is 590. The molecule has 1 fully saturated rings. The van der Waals surface area contributed by atoms with Gasteiger partial charge in [0.15, 0.2) is 0 Å². The summed E-state index contributed by atoms with van der Waals surface area (Å²) in [5.74, 6) is 0.153. The van der Waals surface area contributed by atoms with Crippen molar-refractivity contribution in [3.05, 3.63) is 36.0 Å². The molecular weight excluding hydrogens is 238 g/mol. The molecule has 2 heterocycles. The van der Waals surface area contributed by atoms with Crippen molar-refractivity contribution in [2.45, 2.75) is 6.42 Å². The Labute approximate surface area is 113 Å². The highest BCUT2D eigenvalue weighted by Crippen LogP contribution is 2.19. The molecule has 1 amide bonds. The Morgan fingerprint density at radius 3 is 2.95 bits per heavy atom. The van der Waals surface area contributed by atoms with Crippen LogP contribution in [0.2, 0.25) is 0 Å². The molecule has 4 nitrogen and oxygen atoms in total. The molecule has 100 valence electrons. The fourth-order valence-electron chi connectivity index (χ4n) is 2.69. The molecule has 3 rings (SSSR count). The summed E-state index contributed by atoms with van der Waals surface area (Å²) in [5.41, 5.74) is 1.83. The molecule has 19 heavy (non-hydrogen) atoms. The van der Waals surface area contributed by atoms with Crippen LogP contribution in [-0.2, 0) is 0 Å². The van der Waals surface area contributed by atoms with E-state index >= 15 is 0 Å². The molecular formula is C15H19N3O. The zero-order valence-corrected chi connectivity index (χ0v) is 11.2. The van der Waals surface area contributed by atoms with Crippen LogP contribution < -0.4 is 0 Å². The Hall–Kier alpha value is -1.81. The van der Waals surface area contributed by atoms with E-state index in [4.69, 9.17) is 0 Å². The first-order chi connectivity index (χ1) is 9.25. The molecule has 4 heteroatoms. The molecule has 0 aliphatic carbocycles. The summed E-state index contributed by atoms with van der Waals surface area (Å²) in [6.07, 6.45) is 2.93. The van der Waals surface area contributed by atoms with Crippen LogP contribution in [0.5, 0.6) is 0 Å². The number of aromatic amines is 1. The van der Waals surface area contributed by atoms with Gasteiger partial charge in [-0.2, -0.15) is 0 Å². The second-order valence-electron chi connectivity index (χ2n) is 5.19. The van der Waals surface area contributed by atoms with Crippen molar-refractivity contribution < 1.29 is 4.79 Å². The fraction of sp³-hybridized carbons (Fsp3) is 0.400. The second kappa shape index (κ2) is 5.05. The second-order valence-corrected chi connectivity index (χ2v) is 5.19. The summed E-state index contributed by atoms with van der Waals surface area (Å²) < 4.78 is 0. The van der Waals surface area contributed by atoms with Crippen LogP contribution in [0.15, 0.2) is 30.5 Å². The van der Waals surface area contributed by atoms with Crippen LogP contribution in [-0.4, -0.2) is 53.9 Å². The van der Waals surface area contributed by atoms with E-state index in [1.54, 1.807) is 0 Å². The Kier molecular flexibility index (Phi) is 3.25. The van der Waals surface area contributed by atoms with Crippen molar-refractivity contribution in [3.63, 3.8) is 0 Å². The topological polar surface area (TPSA) is 39.3 Å². The highest BCUT2D eigenvalue weighted by atomic mass is 16.2. The lowest BCUT2D eigenvalue weighted by Gasteiger charge is -2.21. The molecule has 0 bridgehead atoms. The summed E-state index contributed by atoms with van der Waals surface area (Å²) >= 11 is 0. The number of aromatic nitrogens is 1. The summed E-state index contributed by atoms with van der Waals surface area (Å²) in [7, 11) is 2.11. The van der Waals surface area contributed by atoms with E-state index in [1.165, 1.54) is 0 Å². The van der Waals surface area contributed by atoms with Crippen molar-refractivity contribution in [2.24, 2.45) is 0 Å². The van der Waals surface area contributed by atoms with Gasteiger partial charge in [0.2, 0.25) is 0 Å². The number of hydrogen-bond acceptors (Lipinski definition) is 2. The number of H-pyrrole nitrogens is 1. The van der Waals surface area contributed by atoms with Gasteiger partial charge in [0.1, 0.15) is 0 Å². The quantitative estimate of drug-likeness (QED) is 0.848. The minimum Gasteiger partial charge on any atom is -0.361 e. The number of amides is 1. The van der Waals surface area contributed by atoms with Gasteiger partial charge in [-0.25, -0.2) is 0 Å². The lowest BCUT2D eigenvalue weighted by Crippen LogP contribution is -2.34. The minimum absolute atomic E-state index is 0.153. The Morgan fingerprint density at radius 1 is 1.16 bits per heavy atom. The number of carbonyl (C=O) groups is 1. The summed E-state index contributed by atoms with van der Waals surface area (Å²) in [6, 6.07) is 7.85. The van der Waals surface area contributed by atoms with Gasteiger partial charge < -0.3 is 14.8 Å². The van der Waals surface area contributed by atoms with Crippen LogP contribution in [0.3, 0.4) is 0 Å². The normalized spacial score (nSPS) is 17.6. The summed E-state index contributed by atoms with van der Waals surface area (Å²) in [6.45, 7) is 3.69. The number of benzene rings is 1. The van der Waals surface area contributed by atoms with Crippen molar-refractivity contribution in [1.29, 1.82) is 0 Å². The number of rotatable bonds is 1. The average molecular weight is 257 g/mol. The highest BCUT2D eigenvalue weighted by Gasteiger charge is 2.20. The standard InChI is InChI=1S/C15H19N3O/c1-17-8-3-9-18(11-10-17)15(19)13-4-2-5-14-12(13)6-7-16-14/h2,4-7,16H,3,8-11H2,1H3. The van der Waals surface area contributed by atoms with E-state index in [1.807, 2.05) is 35.4 Å². The molecule has 1 aliphatic heterocycles. The van der Waals surface area contributed by atoms with Gasteiger partial charge in [0.05, 0.1) is 0 Å². The van der Waals surface area contributed by atoms with Gasteiger partial charge in [0.25, 0.3) is 5.91 Å². The molecule has 1 aliphatic rings. The molecule has 2 aromatic rings. The van der Waals surface area contributed by atoms with Gasteiger partial charge >= 0.3 is 0 Å². The third kappa shape index (κ3) is 2.36. The number of hydrogen-bond donors (Lipinski definition) is 1. The first-order valence-electron chi connectivity index (χ1n) is 6.79. The molecule has 1 N–H and O–H groups in total. The molecule has 0 spiro atoms. The number of likely N-dealkylation sites (N-methyl/N-ethyl adjacent to an activating group) is 1. The van der Waals surface area contributed by atoms with Crippen molar-refractivity contribution >= 4 is 16.8 Å². The van der Waals surface area contributed by atoms with Crippen LogP contribution in [0.25, 0.3) is 10.9 Å². The number of nitrogens with zero attached hydrogens (tertiary/aromatic N) is 2. The third-order valence-electron chi connectivity index (χ3n) is 3.83. The zero-order valence-electron chi connectivity index (χ0n) is 11.2. The van der Waals surface area contributed by atoms with Gasteiger partial charge in [0, 0.05) is 42.3 Å². The van der Waals surface area contributed by atoms with Crippen molar-refractivity contribution in [2.75, 3.05) is 33.2 Å². The lowest BCUT2D eigenvalue weighted by molar-refractivity contribution is 0.0765. The van der Waals surface area contributed by atoms with Gasteiger partial charge in [-0.15, -0.1) is 0 Å². The predicted molar refractivity (Wildman–Crippen MR) is 76.3 cm³/mol. The molecule has 0 saturated carbocycles. The lowest BCUT2D eigenvalue weighted by atomic mass is 10.1. The monoisotopic (exact) mass is 257 g/mol. The minimum atomic E-state index is 0.153. The van der Waals surface area contributed by atoms with Crippen LogP contribution in [0.4, 0.5) is 0 Å². The fourth-order valence-corrected chi connectivity index (χ4v) is 2.69. The van der Waals surface area contributed by atoms with Crippen molar-refractivity contribution in [3.8, 4) is 0 Å². The first kappa shape index (κ1) is 12.2. The van der Waals surface area contributed by atoms with Crippen LogP contribution in [0.1, 0.15) is 16.8 Å². The average Bonchev–Trinajstić information content (AvgIpc) is 2.80. The highest BCUT2D eigenvalue weighted by molar-refractivity contribution is 6.06. The maximum absolute atomic E-state index is 12.7. The largest absolute Gasteiger partial charge is 0.361 e. The molecule has 1 aromatic carbocycles. The van der Waals surface area contributed by atoms with Crippen LogP contribution >= 0.6 is 0 Å². The molecule has 1 aromatic heterocycles. The summed E-state index contributed by atoms with van der Waals surface area (Å²) in [4.78, 5) is 20.1. The number of fused-ring (bicyclic) bond motifs is 1. The number of carbonyl (C=O) groups excluding carboxylic acids is 1. The van der Waals surface area contributed by atoms with Gasteiger partial charge in [-0.1, -0.05) is 6.07 Å². The predicted octanol–water partition coefficient (Wildman–Crippen LogP) is 1.95. The van der Waals surface area contributed by atoms with E-state index < -0.39 is 0 Å². The summed E-state index contributed by atoms with van der Waals surface area (Å²) in [5, 5.41) is 1.02. The van der Waals surface area contributed by atoms with E-state index in [-0.39, 0.29) is 5.91 Å². The van der Waals surface area contributed by atoms with Crippen molar-refractivity contribution in [1.82, 2.24) is 14.8 Å². The first-order valence-corrected chi connectivity index (χ1v) is 6.79. The SMILES string of the molecule is CN1CCCN(C(=O)c2cccc3[nH]ccc23)CC1. The number of nitrogens with one attached hydrogen (secondary N) is 1. The van der Waals surface area contributed by atoms with Gasteiger partial charge in [-0.3, -0.25) is 4.79 Å². The van der Waals surface area contributed by atoms with E-state index in [9.17, 15) is 4.79 Å². The molecule has 0 radical (unpaired) electrons. The maximum atomic E-state index is 12.7. The van der Waals surface area contributed by atoms with E-state index in [0.29, 0.717) is 0 Å². The van der Waals surface area contributed by atoms with Crippen LogP contribution in [0, 0.1) is 0 Å². The van der Waals surface area contributed by atoms with E-state index in [2.05, 4.69) is 16.9 Å². The Morgan fingerprint density at radius 2 is 2.05 bits per heavy atom. The van der Waals surface area contributed by atoms with E-state index in [0.717, 1.165) is 49.1 Å². The Balaban J connectivity index is 1.89. The van der Waals surface area contributed by atoms with Gasteiger partial charge in [-0.05, 0) is 38.2 Å². The molecule has 0 unspecified atom stereocenters. The zero-order chi connectivity index (χ0) is 13.2. The third-order valence-corrected chi connectivity index (χ3v) is 3.83. The maximum Gasteiger partial charge on any atom is 0.254 e. The smallest absolute Gasteiger partial charge is 0.254 e. The molecule has 0 atom stereocenters.